The lowest BCUT2D eigenvalue weighted by molar-refractivity contribution is 0.0819. The van der Waals surface area contributed by atoms with Crippen molar-refractivity contribution in [2.45, 2.75) is 25.5 Å². The molecule has 0 saturated carbocycles. The summed E-state index contributed by atoms with van der Waals surface area (Å²) in [6.45, 7) is 1.83. The molecule has 0 radical (unpaired) electrons. The number of urea groups is 1. The second kappa shape index (κ2) is 8.07. The Morgan fingerprint density at radius 2 is 2.29 bits per heavy atom. The number of carbonyl (C=O) groups is 1. The lowest BCUT2D eigenvalue weighted by atomic mass is 10.2. The number of carbonyl (C=O) groups excluding carboxylic acids is 1. The van der Waals surface area contributed by atoms with Crippen LogP contribution in [0, 0.1) is 0 Å². The monoisotopic (exact) mass is 348 g/mol. The number of methoxy groups -OCH3 is 1. The molecule has 0 unspecified atom stereocenters. The Balaban J connectivity index is 1.68. The second-order valence-corrected chi connectivity index (χ2v) is 6.36. The van der Waals surface area contributed by atoms with Crippen LogP contribution in [0.5, 0.6) is 5.75 Å². The minimum atomic E-state index is -0.174. The Morgan fingerprint density at radius 1 is 1.46 bits per heavy atom. The van der Waals surface area contributed by atoms with Gasteiger partial charge in [0, 0.05) is 31.2 Å². The summed E-state index contributed by atoms with van der Waals surface area (Å²) in [5.74, 6) is 0.796. The standard InChI is InChI=1S/C16H20N4O3S/c1-22-13-6-4-12(5-7-13)10-20(11-14-3-2-8-23-14)16(21)18-15-9-17-19-24-15/h4-7,9,14H,2-3,8,10-11H2,1H3,(H,18,21)/t14-/m1/s1. The van der Waals surface area contributed by atoms with Crippen LogP contribution in [0.4, 0.5) is 9.80 Å². The number of amides is 2. The first-order valence-corrected chi connectivity index (χ1v) is 8.60. The SMILES string of the molecule is COc1ccc(CN(C[C@H]2CCCO2)C(=O)Nc2cnns2)cc1. The van der Waals surface area contributed by atoms with E-state index in [1.165, 1.54) is 0 Å². The first kappa shape index (κ1) is 16.7. The van der Waals surface area contributed by atoms with Gasteiger partial charge in [-0.25, -0.2) is 4.79 Å². The minimum Gasteiger partial charge on any atom is -0.497 e. The molecular weight excluding hydrogens is 328 g/mol. The third kappa shape index (κ3) is 4.42. The number of hydrogen-bond acceptors (Lipinski definition) is 6. The van der Waals surface area contributed by atoms with Crippen LogP contribution in [0.15, 0.2) is 30.5 Å². The van der Waals surface area contributed by atoms with Crippen LogP contribution in [-0.2, 0) is 11.3 Å². The highest BCUT2D eigenvalue weighted by molar-refractivity contribution is 7.10. The topological polar surface area (TPSA) is 76.6 Å². The predicted molar refractivity (Wildman–Crippen MR) is 91.3 cm³/mol. The normalized spacial score (nSPS) is 16.8. The van der Waals surface area contributed by atoms with E-state index in [2.05, 4.69) is 14.9 Å². The number of aromatic nitrogens is 2. The fourth-order valence-electron chi connectivity index (χ4n) is 2.61. The Morgan fingerprint density at radius 3 is 2.92 bits per heavy atom. The fourth-order valence-corrected chi connectivity index (χ4v) is 3.02. The van der Waals surface area contributed by atoms with Gasteiger partial charge in [-0.3, -0.25) is 5.32 Å². The molecule has 24 heavy (non-hydrogen) atoms. The number of nitrogens with one attached hydrogen (secondary N) is 1. The van der Waals surface area contributed by atoms with Crippen molar-refractivity contribution >= 4 is 22.6 Å². The molecule has 7 nitrogen and oxygen atoms in total. The summed E-state index contributed by atoms with van der Waals surface area (Å²) in [5, 5.41) is 7.21. The van der Waals surface area contributed by atoms with E-state index in [1.54, 1.807) is 18.2 Å². The molecule has 8 heteroatoms. The molecule has 1 aliphatic rings. The number of benzene rings is 1. The summed E-state index contributed by atoms with van der Waals surface area (Å²) in [6, 6.07) is 7.54. The molecule has 3 rings (SSSR count). The van der Waals surface area contributed by atoms with Gasteiger partial charge in [-0.2, -0.15) is 0 Å². The average molecular weight is 348 g/mol. The van der Waals surface area contributed by atoms with Crippen molar-refractivity contribution in [3.05, 3.63) is 36.0 Å². The minimum absolute atomic E-state index is 0.0913. The molecule has 2 amide bonds. The Labute approximate surface area is 144 Å². The largest absolute Gasteiger partial charge is 0.497 e. The van der Waals surface area contributed by atoms with Gasteiger partial charge in [-0.15, -0.1) is 5.10 Å². The molecule has 128 valence electrons. The predicted octanol–water partition coefficient (Wildman–Crippen LogP) is 2.76. The Kier molecular flexibility index (Phi) is 5.60. The van der Waals surface area contributed by atoms with Gasteiger partial charge >= 0.3 is 6.03 Å². The van der Waals surface area contributed by atoms with Gasteiger partial charge < -0.3 is 14.4 Å². The van der Waals surface area contributed by atoms with Crippen LogP contribution in [0.1, 0.15) is 18.4 Å². The third-order valence-electron chi connectivity index (χ3n) is 3.86. The van der Waals surface area contributed by atoms with Crippen LogP contribution in [0.2, 0.25) is 0 Å². The zero-order valence-corrected chi connectivity index (χ0v) is 14.3. The molecule has 1 aromatic carbocycles. The molecule has 1 aromatic heterocycles. The summed E-state index contributed by atoms with van der Waals surface area (Å²) in [7, 11) is 1.63. The number of ether oxygens (including phenoxy) is 2. The van der Waals surface area contributed by atoms with Gasteiger partial charge in [0.2, 0.25) is 0 Å². The lowest BCUT2D eigenvalue weighted by Gasteiger charge is -2.25. The average Bonchev–Trinajstić information content (AvgIpc) is 3.29. The molecular formula is C16H20N4O3S. The molecule has 1 saturated heterocycles. The van der Waals surface area contributed by atoms with Crippen molar-refractivity contribution in [3.8, 4) is 5.75 Å². The van der Waals surface area contributed by atoms with Gasteiger partial charge in [0.05, 0.1) is 19.4 Å². The highest BCUT2D eigenvalue weighted by Gasteiger charge is 2.23. The van der Waals surface area contributed by atoms with Crippen LogP contribution >= 0.6 is 11.5 Å². The zero-order chi connectivity index (χ0) is 16.8. The smallest absolute Gasteiger partial charge is 0.322 e. The molecule has 0 spiro atoms. The Hall–Kier alpha value is -2.19. The summed E-state index contributed by atoms with van der Waals surface area (Å²) < 4.78 is 14.6. The zero-order valence-electron chi connectivity index (χ0n) is 13.5. The molecule has 2 aromatic rings. The van der Waals surface area contributed by atoms with E-state index in [0.29, 0.717) is 18.1 Å². The van der Waals surface area contributed by atoms with Crippen LogP contribution in [0.25, 0.3) is 0 Å². The molecule has 1 N–H and O–H groups in total. The van der Waals surface area contributed by atoms with Crippen LogP contribution in [0.3, 0.4) is 0 Å². The van der Waals surface area contributed by atoms with Crippen molar-refractivity contribution in [3.63, 3.8) is 0 Å². The summed E-state index contributed by atoms with van der Waals surface area (Å²) in [4.78, 5) is 14.4. The Bertz CT molecular complexity index is 642. The molecule has 1 aliphatic heterocycles. The van der Waals surface area contributed by atoms with E-state index in [9.17, 15) is 4.79 Å². The van der Waals surface area contributed by atoms with E-state index in [-0.39, 0.29) is 12.1 Å². The number of nitrogens with zero attached hydrogens (tertiary/aromatic N) is 3. The molecule has 1 atom stereocenters. The summed E-state index contributed by atoms with van der Waals surface area (Å²) in [6.07, 6.45) is 3.66. The van der Waals surface area contributed by atoms with Crippen molar-refractivity contribution < 1.29 is 14.3 Å². The third-order valence-corrected chi connectivity index (χ3v) is 4.44. The van der Waals surface area contributed by atoms with Crippen LogP contribution in [-0.4, -0.2) is 46.9 Å². The van der Waals surface area contributed by atoms with Gasteiger partial charge in [-0.05, 0) is 30.5 Å². The second-order valence-electron chi connectivity index (χ2n) is 5.58. The molecule has 2 heterocycles. The van der Waals surface area contributed by atoms with Crippen molar-refractivity contribution in [2.75, 3.05) is 25.6 Å². The van der Waals surface area contributed by atoms with Gasteiger partial charge in [0.1, 0.15) is 10.8 Å². The first-order valence-electron chi connectivity index (χ1n) is 7.82. The number of anilines is 1. The fraction of sp³-hybridized carbons (Fsp3) is 0.438. The van der Waals surface area contributed by atoms with Gasteiger partial charge in [-0.1, -0.05) is 16.6 Å². The van der Waals surface area contributed by atoms with Gasteiger partial charge in [0.15, 0.2) is 0 Å². The van der Waals surface area contributed by atoms with E-state index in [4.69, 9.17) is 9.47 Å². The van der Waals surface area contributed by atoms with E-state index >= 15 is 0 Å². The molecule has 1 fully saturated rings. The van der Waals surface area contributed by atoms with E-state index in [1.807, 2.05) is 24.3 Å². The van der Waals surface area contributed by atoms with Crippen LogP contribution < -0.4 is 10.1 Å². The van der Waals surface area contributed by atoms with Gasteiger partial charge in [0.25, 0.3) is 0 Å². The summed E-state index contributed by atoms with van der Waals surface area (Å²) in [5.41, 5.74) is 1.03. The quantitative estimate of drug-likeness (QED) is 0.869. The highest BCUT2D eigenvalue weighted by Crippen LogP contribution is 2.18. The molecule has 0 aliphatic carbocycles. The molecule has 0 bridgehead atoms. The maximum absolute atomic E-state index is 12.6. The highest BCUT2D eigenvalue weighted by atomic mass is 32.1. The lowest BCUT2D eigenvalue weighted by Crippen LogP contribution is -2.39. The first-order chi connectivity index (χ1) is 11.7. The summed E-state index contributed by atoms with van der Waals surface area (Å²) >= 11 is 1.16. The van der Waals surface area contributed by atoms with Crippen molar-refractivity contribution in [1.29, 1.82) is 0 Å². The number of rotatable bonds is 6. The van der Waals surface area contributed by atoms with E-state index < -0.39 is 0 Å². The maximum atomic E-state index is 12.6. The van der Waals surface area contributed by atoms with Crippen molar-refractivity contribution in [1.82, 2.24) is 14.5 Å². The van der Waals surface area contributed by atoms with Crippen molar-refractivity contribution in [2.24, 2.45) is 0 Å². The maximum Gasteiger partial charge on any atom is 0.322 e. The number of hydrogen-bond donors (Lipinski definition) is 1. The van der Waals surface area contributed by atoms with E-state index in [0.717, 1.165) is 42.3 Å².